The molecule has 2 aromatic rings. The first-order valence-electron chi connectivity index (χ1n) is 8.69. The van der Waals surface area contributed by atoms with Gasteiger partial charge in [0.15, 0.2) is 0 Å². The molecule has 0 radical (unpaired) electrons. The summed E-state index contributed by atoms with van der Waals surface area (Å²) in [5.41, 5.74) is 1.78. The number of β-amino-alcohol motifs (C(OH)–C–C–N with tert-alkyl or cyclic N) is 1. The van der Waals surface area contributed by atoms with Crippen LogP contribution < -0.4 is 0 Å². The molecule has 1 aliphatic rings. The van der Waals surface area contributed by atoms with E-state index in [9.17, 15) is 19.8 Å². The minimum atomic E-state index is -0.930. The summed E-state index contributed by atoms with van der Waals surface area (Å²) in [5, 5.41) is 21.4. The highest BCUT2D eigenvalue weighted by Gasteiger charge is 2.47. The van der Waals surface area contributed by atoms with Gasteiger partial charge in [0.2, 0.25) is 0 Å². The number of nitrogens with zero attached hydrogens (tertiary/aromatic N) is 1. The van der Waals surface area contributed by atoms with Gasteiger partial charge in [0.05, 0.1) is 17.7 Å². The number of ketones is 1. The van der Waals surface area contributed by atoms with Crippen LogP contribution in [-0.4, -0.2) is 39.5 Å². The van der Waals surface area contributed by atoms with E-state index in [0.717, 1.165) is 5.56 Å². The van der Waals surface area contributed by atoms with Crippen LogP contribution in [0.4, 0.5) is 0 Å². The third kappa shape index (κ3) is 3.78. The molecular weight excluding hydrogens is 401 g/mol. The number of hydrogen-bond acceptors (Lipinski definition) is 4. The summed E-state index contributed by atoms with van der Waals surface area (Å²) in [6.07, 6.45) is -0.869. The number of Topliss-reactive ketones (excluding diaryl/α,β-unsaturated/α-hetero) is 1. The van der Waals surface area contributed by atoms with E-state index in [0.29, 0.717) is 16.1 Å². The van der Waals surface area contributed by atoms with Crippen LogP contribution in [0, 0.1) is 6.92 Å². The Morgan fingerprint density at radius 2 is 1.79 bits per heavy atom. The highest BCUT2D eigenvalue weighted by molar-refractivity contribution is 6.47. The number of benzene rings is 2. The largest absolute Gasteiger partial charge is 0.507 e. The van der Waals surface area contributed by atoms with Crippen LogP contribution in [-0.2, 0) is 9.59 Å². The number of carbonyl (C=O) groups is 2. The molecule has 2 aromatic carbocycles. The van der Waals surface area contributed by atoms with E-state index in [2.05, 4.69) is 0 Å². The van der Waals surface area contributed by atoms with Crippen molar-refractivity contribution in [2.45, 2.75) is 26.0 Å². The van der Waals surface area contributed by atoms with Crippen molar-refractivity contribution in [2.75, 3.05) is 6.54 Å². The minimum Gasteiger partial charge on any atom is -0.507 e. The lowest BCUT2D eigenvalue weighted by Gasteiger charge is -2.27. The monoisotopic (exact) mass is 419 g/mol. The molecule has 28 heavy (non-hydrogen) atoms. The first-order valence-corrected chi connectivity index (χ1v) is 9.44. The number of hydrogen-bond donors (Lipinski definition) is 2. The van der Waals surface area contributed by atoms with Gasteiger partial charge in [-0.15, -0.1) is 0 Å². The zero-order chi connectivity index (χ0) is 20.6. The maximum Gasteiger partial charge on any atom is 0.295 e. The Kier molecular flexibility index (Phi) is 5.79. The maximum atomic E-state index is 12.8. The van der Waals surface area contributed by atoms with Gasteiger partial charge in [-0.1, -0.05) is 59.1 Å². The normalized spacial score (nSPS) is 19.9. The standard InChI is InChI=1S/C21H19Cl2NO4/c1-11-3-5-13(6-4-11)19(26)17-18(15-8-7-14(22)9-16(15)23)24(10-12(2)25)21(28)20(17)27/h3-9,12,18,25-26H,10H2,1-2H3/t12-,18-/m1/s1. The van der Waals surface area contributed by atoms with Gasteiger partial charge >= 0.3 is 0 Å². The molecule has 0 aromatic heterocycles. The smallest absolute Gasteiger partial charge is 0.295 e. The first kappa shape index (κ1) is 20.4. The summed E-state index contributed by atoms with van der Waals surface area (Å²) in [7, 11) is 0. The molecule has 7 heteroatoms. The Morgan fingerprint density at radius 1 is 1.14 bits per heavy atom. The molecule has 1 amide bonds. The molecule has 1 heterocycles. The van der Waals surface area contributed by atoms with Crippen molar-refractivity contribution in [3.8, 4) is 0 Å². The average Bonchev–Trinajstić information content (AvgIpc) is 2.86. The third-order valence-corrected chi connectivity index (χ3v) is 5.15. The number of aliphatic hydroxyl groups excluding tert-OH is 2. The number of rotatable bonds is 4. The number of aryl methyl sites for hydroxylation is 1. The summed E-state index contributed by atoms with van der Waals surface area (Å²) in [4.78, 5) is 26.7. The van der Waals surface area contributed by atoms with E-state index in [1.807, 2.05) is 6.92 Å². The van der Waals surface area contributed by atoms with Crippen LogP contribution >= 0.6 is 23.2 Å². The van der Waals surface area contributed by atoms with Crippen LogP contribution in [0.15, 0.2) is 48.0 Å². The fourth-order valence-electron chi connectivity index (χ4n) is 3.27. The average molecular weight is 420 g/mol. The zero-order valence-corrected chi connectivity index (χ0v) is 16.8. The second-order valence-electron chi connectivity index (χ2n) is 6.83. The second-order valence-corrected chi connectivity index (χ2v) is 7.68. The zero-order valence-electron chi connectivity index (χ0n) is 15.3. The van der Waals surface area contributed by atoms with E-state index in [-0.39, 0.29) is 22.9 Å². The Labute approximate surface area is 172 Å². The second kappa shape index (κ2) is 7.95. The summed E-state index contributed by atoms with van der Waals surface area (Å²) in [5.74, 6) is -1.91. The Balaban J connectivity index is 2.22. The van der Waals surface area contributed by atoms with Crippen LogP contribution in [0.5, 0.6) is 0 Å². The topological polar surface area (TPSA) is 77.8 Å². The van der Waals surface area contributed by atoms with Crippen LogP contribution in [0.2, 0.25) is 10.0 Å². The fourth-order valence-corrected chi connectivity index (χ4v) is 3.78. The van der Waals surface area contributed by atoms with E-state index in [1.54, 1.807) is 36.4 Å². The molecule has 1 fully saturated rings. The van der Waals surface area contributed by atoms with E-state index in [4.69, 9.17) is 23.2 Å². The summed E-state index contributed by atoms with van der Waals surface area (Å²) >= 11 is 12.3. The molecular formula is C21H19Cl2NO4. The highest BCUT2D eigenvalue weighted by atomic mass is 35.5. The van der Waals surface area contributed by atoms with Gasteiger partial charge in [-0.25, -0.2) is 0 Å². The van der Waals surface area contributed by atoms with E-state index < -0.39 is 23.8 Å². The number of aliphatic hydroxyl groups is 2. The van der Waals surface area contributed by atoms with Gasteiger partial charge in [-0.3, -0.25) is 9.59 Å². The SMILES string of the molecule is Cc1ccc(C(O)=C2C(=O)C(=O)N(C[C@@H](C)O)[C@@H]2c2ccc(Cl)cc2Cl)cc1. The Morgan fingerprint density at radius 3 is 2.36 bits per heavy atom. The van der Waals surface area contributed by atoms with Gasteiger partial charge in [0, 0.05) is 22.2 Å². The predicted octanol–water partition coefficient (Wildman–Crippen LogP) is 4.10. The van der Waals surface area contributed by atoms with Gasteiger partial charge in [0.25, 0.3) is 11.7 Å². The van der Waals surface area contributed by atoms with Crippen molar-refractivity contribution >= 4 is 40.7 Å². The predicted molar refractivity (Wildman–Crippen MR) is 108 cm³/mol. The Bertz CT molecular complexity index is 967. The van der Waals surface area contributed by atoms with Crippen LogP contribution in [0.25, 0.3) is 5.76 Å². The van der Waals surface area contributed by atoms with Gasteiger partial charge in [0.1, 0.15) is 5.76 Å². The van der Waals surface area contributed by atoms with Gasteiger partial charge in [-0.05, 0) is 31.5 Å². The number of halogens is 2. The fraction of sp³-hybridized carbons (Fsp3) is 0.238. The molecule has 5 nitrogen and oxygen atoms in total. The molecule has 146 valence electrons. The van der Waals surface area contributed by atoms with Crippen molar-refractivity contribution in [2.24, 2.45) is 0 Å². The van der Waals surface area contributed by atoms with Crippen molar-refractivity contribution in [1.29, 1.82) is 0 Å². The van der Waals surface area contributed by atoms with E-state index >= 15 is 0 Å². The minimum absolute atomic E-state index is 0.0706. The summed E-state index contributed by atoms with van der Waals surface area (Å²) in [6, 6.07) is 10.7. The highest BCUT2D eigenvalue weighted by Crippen LogP contribution is 2.42. The van der Waals surface area contributed by atoms with Crippen molar-refractivity contribution in [3.63, 3.8) is 0 Å². The third-order valence-electron chi connectivity index (χ3n) is 4.58. The lowest BCUT2D eigenvalue weighted by atomic mass is 9.95. The molecule has 0 spiro atoms. The lowest BCUT2D eigenvalue weighted by molar-refractivity contribution is -0.140. The van der Waals surface area contributed by atoms with Crippen molar-refractivity contribution in [3.05, 3.63) is 74.8 Å². The molecule has 0 bridgehead atoms. The number of carbonyl (C=O) groups excluding carboxylic acids is 2. The first-order chi connectivity index (χ1) is 13.2. The number of likely N-dealkylation sites (tertiary alicyclic amines) is 1. The molecule has 2 N–H and O–H groups in total. The summed E-state index contributed by atoms with van der Waals surface area (Å²) < 4.78 is 0. The van der Waals surface area contributed by atoms with Crippen LogP contribution in [0.3, 0.4) is 0 Å². The quantitative estimate of drug-likeness (QED) is 0.444. The molecule has 0 unspecified atom stereocenters. The molecule has 1 saturated heterocycles. The van der Waals surface area contributed by atoms with Crippen LogP contribution in [0.1, 0.15) is 29.7 Å². The molecule has 1 aliphatic heterocycles. The van der Waals surface area contributed by atoms with Crippen molar-refractivity contribution < 1.29 is 19.8 Å². The molecule has 2 atom stereocenters. The molecule has 3 rings (SSSR count). The number of amides is 1. The van der Waals surface area contributed by atoms with Gasteiger partial charge < -0.3 is 15.1 Å². The molecule has 0 aliphatic carbocycles. The van der Waals surface area contributed by atoms with Gasteiger partial charge in [-0.2, -0.15) is 0 Å². The molecule has 0 saturated carbocycles. The Hall–Kier alpha value is -2.34. The maximum absolute atomic E-state index is 12.8. The van der Waals surface area contributed by atoms with Crippen molar-refractivity contribution in [1.82, 2.24) is 4.90 Å². The lowest BCUT2D eigenvalue weighted by Crippen LogP contribution is -2.35. The van der Waals surface area contributed by atoms with E-state index in [1.165, 1.54) is 17.9 Å². The summed E-state index contributed by atoms with van der Waals surface area (Å²) in [6.45, 7) is 3.33.